The van der Waals surface area contributed by atoms with E-state index in [1.165, 1.54) is 0 Å². The highest BCUT2D eigenvalue weighted by atomic mass is 16.8. The topological polar surface area (TPSA) is 75.6 Å². The zero-order valence-electron chi connectivity index (χ0n) is 18.8. The molecule has 0 radical (unpaired) electrons. The van der Waals surface area contributed by atoms with Crippen molar-refractivity contribution < 1.29 is 33.5 Å². The maximum atomic E-state index is 11.1. The van der Waals surface area contributed by atoms with E-state index in [0.29, 0.717) is 13.2 Å². The van der Waals surface area contributed by atoms with Crippen molar-refractivity contribution in [2.45, 2.75) is 69.7 Å². The number of fused-ring (bicyclic) bond motifs is 1. The Labute approximate surface area is 189 Å². The molecule has 0 aromatic heterocycles. The van der Waals surface area contributed by atoms with Gasteiger partial charge in [0, 0.05) is 7.11 Å². The second-order valence-corrected chi connectivity index (χ2v) is 8.60. The van der Waals surface area contributed by atoms with Gasteiger partial charge in [-0.1, -0.05) is 60.7 Å². The van der Waals surface area contributed by atoms with E-state index in [9.17, 15) is 5.11 Å². The summed E-state index contributed by atoms with van der Waals surface area (Å²) >= 11 is 0. The Kier molecular flexibility index (Phi) is 7.58. The van der Waals surface area contributed by atoms with Crippen molar-refractivity contribution in [3.05, 3.63) is 71.8 Å². The first-order chi connectivity index (χ1) is 15.5. The Morgan fingerprint density at radius 2 is 1.50 bits per heavy atom. The van der Waals surface area contributed by atoms with E-state index in [1.807, 2.05) is 74.5 Å². The highest BCUT2D eigenvalue weighted by Gasteiger charge is 2.58. The molecule has 2 fully saturated rings. The monoisotopic (exact) mass is 444 g/mol. The Hall–Kier alpha value is -1.84. The van der Waals surface area contributed by atoms with Gasteiger partial charge < -0.3 is 33.5 Å². The molecule has 2 aliphatic rings. The number of aliphatic hydroxyl groups is 1. The maximum Gasteiger partial charge on any atom is 0.186 e. The molecule has 2 aliphatic heterocycles. The van der Waals surface area contributed by atoms with Crippen molar-refractivity contribution in [2.24, 2.45) is 0 Å². The molecular weight excluding hydrogens is 412 g/mol. The van der Waals surface area contributed by atoms with Crippen LogP contribution in [0.25, 0.3) is 0 Å². The minimum Gasteiger partial charge on any atom is -0.388 e. The zero-order chi connectivity index (χ0) is 22.6. The van der Waals surface area contributed by atoms with E-state index in [0.717, 1.165) is 11.1 Å². The summed E-state index contributed by atoms with van der Waals surface area (Å²) in [7, 11) is 1.57. The third-order valence-corrected chi connectivity index (χ3v) is 5.67. The summed E-state index contributed by atoms with van der Waals surface area (Å²) in [4.78, 5) is 0. The summed E-state index contributed by atoms with van der Waals surface area (Å²) in [5.74, 6) is -0.771. The van der Waals surface area contributed by atoms with Gasteiger partial charge >= 0.3 is 0 Å². The van der Waals surface area contributed by atoms with Crippen LogP contribution in [0.3, 0.4) is 0 Å². The van der Waals surface area contributed by atoms with Crippen LogP contribution < -0.4 is 0 Å². The minimum atomic E-state index is -0.934. The van der Waals surface area contributed by atoms with Gasteiger partial charge in [0.05, 0.1) is 19.8 Å². The fourth-order valence-corrected chi connectivity index (χ4v) is 4.20. The molecule has 2 aromatic carbocycles. The lowest BCUT2D eigenvalue weighted by molar-refractivity contribution is -0.248. The van der Waals surface area contributed by atoms with Crippen molar-refractivity contribution in [1.29, 1.82) is 0 Å². The molecule has 4 rings (SSSR count). The van der Waals surface area contributed by atoms with E-state index in [-0.39, 0.29) is 6.61 Å². The number of hydrogen-bond donors (Lipinski definition) is 1. The van der Waals surface area contributed by atoms with E-state index < -0.39 is 42.6 Å². The number of methoxy groups -OCH3 is 1. The van der Waals surface area contributed by atoms with E-state index in [2.05, 4.69) is 0 Å². The number of aliphatic hydroxyl groups excluding tert-OH is 1. The lowest BCUT2D eigenvalue weighted by Crippen LogP contribution is -2.48. The lowest BCUT2D eigenvalue weighted by Gasteiger charge is -2.31. The number of benzene rings is 2. The van der Waals surface area contributed by atoms with Gasteiger partial charge in [0.2, 0.25) is 0 Å². The lowest BCUT2D eigenvalue weighted by atomic mass is 10.0. The second kappa shape index (κ2) is 10.4. The molecule has 0 bridgehead atoms. The molecule has 7 heteroatoms. The molecule has 174 valence electrons. The quantitative estimate of drug-likeness (QED) is 0.604. The second-order valence-electron chi connectivity index (χ2n) is 8.60. The van der Waals surface area contributed by atoms with Gasteiger partial charge in [-0.2, -0.15) is 0 Å². The largest absolute Gasteiger partial charge is 0.388 e. The first kappa shape index (κ1) is 23.3. The third-order valence-electron chi connectivity index (χ3n) is 5.67. The smallest absolute Gasteiger partial charge is 0.186 e. The molecule has 2 aromatic rings. The zero-order valence-corrected chi connectivity index (χ0v) is 18.8. The average molecular weight is 445 g/mol. The van der Waals surface area contributed by atoms with Crippen LogP contribution in [-0.4, -0.2) is 61.4 Å². The molecule has 0 spiro atoms. The van der Waals surface area contributed by atoms with Gasteiger partial charge in [-0.15, -0.1) is 0 Å². The summed E-state index contributed by atoms with van der Waals surface area (Å²) < 4.78 is 35.7. The van der Waals surface area contributed by atoms with Gasteiger partial charge in [-0.05, 0) is 25.0 Å². The summed E-state index contributed by atoms with van der Waals surface area (Å²) in [5, 5.41) is 11.1. The Morgan fingerprint density at radius 1 is 0.906 bits per heavy atom. The molecule has 0 amide bonds. The van der Waals surface area contributed by atoms with Crippen molar-refractivity contribution in [1.82, 2.24) is 0 Å². The molecule has 7 nitrogen and oxygen atoms in total. The summed E-state index contributed by atoms with van der Waals surface area (Å²) in [6, 6.07) is 19.6. The number of ether oxygens (including phenoxy) is 6. The highest BCUT2D eigenvalue weighted by molar-refractivity contribution is 5.14. The molecular formula is C25H32O7. The van der Waals surface area contributed by atoms with E-state index in [1.54, 1.807) is 7.11 Å². The van der Waals surface area contributed by atoms with Crippen molar-refractivity contribution in [3.8, 4) is 0 Å². The van der Waals surface area contributed by atoms with E-state index >= 15 is 0 Å². The van der Waals surface area contributed by atoms with Crippen molar-refractivity contribution in [2.75, 3.05) is 13.7 Å². The maximum absolute atomic E-state index is 11.1. The molecule has 2 heterocycles. The van der Waals surface area contributed by atoms with Gasteiger partial charge in [0.25, 0.3) is 0 Å². The fourth-order valence-electron chi connectivity index (χ4n) is 4.20. The van der Waals surface area contributed by atoms with Crippen LogP contribution in [0.4, 0.5) is 0 Å². The summed E-state index contributed by atoms with van der Waals surface area (Å²) in [6.45, 7) is 4.52. The van der Waals surface area contributed by atoms with Crippen LogP contribution in [0.15, 0.2) is 60.7 Å². The first-order valence-corrected chi connectivity index (χ1v) is 11.0. The fraction of sp³-hybridized carbons (Fsp3) is 0.520. The average Bonchev–Trinajstić information content (AvgIpc) is 3.28. The normalized spacial score (nSPS) is 28.4. The van der Waals surface area contributed by atoms with Crippen molar-refractivity contribution in [3.63, 3.8) is 0 Å². The van der Waals surface area contributed by atoms with Crippen LogP contribution in [0.2, 0.25) is 0 Å². The highest BCUT2D eigenvalue weighted by Crippen LogP contribution is 2.41. The Morgan fingerprint density at radius 3 is 2.12 bits per heavy atom. The first-order valence-electron chi connectivity index (χ1n) is 11.0. The summed E-state index contributed by atoms with van der Waals surface area (Å²) in [5.41, 5.74) is 2.03. The SMILES string of the molecule is CO[C@H]1O[C@H]([C@H](OCc2ccccc2)[C@H](O)COCc2ccccc2)[C@@H]2OC(C)(C)O[C@H]12. The van der Waals surface area contributed by atoms with Crippen LogP contribution >= 0.6 is 0 Å². The van der Waals surface area contributed by atoms with Gasteiger partial charge in [-0.25, -0.2) is 0 Å². The Bertz CT molecular complexity index is 829. The number of hydrogen-bond acceptors (Lipinski definition) is 7. The standard InChI is InChI=1S/C25H32O7/c1-25(2)31-22-21(30-24(27-3)23(22)32-25)20(29-15-18-12-8-5-9-13-18)19(26)16-28-14-17-10-6-4-7-11-17/h4-13,19-24,26H,14-16H2,1-3H3/t19-,20-,21-,22+,23+,24+/m1/s1. The predicted octanol–water partition coefficient (Wildman–Crippen LogP) is 3.04. The molecule has 0 unspecified atom stereocenters. The molecule has 0 saturated carbocycles. The summed E-state index contributed by atoms with van der Waals surface area (Å²) in [6.07, 6.45) is -3.65. The number of rotatable bonds is 10. The van der Waals surface area contributed by atoms with Crippen LogP contribution in [0, 0.1) is 0 Å². The van der Waals surface area contributed by atoms with Crippen molar-refractivity contribution >= 4 is 0 Å². The van der Waals surface area contributed by atoms with Crippen LogP contribution in [-0.2, 0) is 41.6 Å². The minimum absolute atomic E-state index is 0.0908. The van der Waals surface area contributed by atoms with Gasteiger partial charge in [0.1, 0.15) is 30.5 Å². The van der Waals surface area contributed by atoms with Crippen LogP contribution in [0.1, 0.15) is 25.0 Å². The van der Waals surface area contributed by atoms with Gasteiger partial charge in [-0.3, -0.25) is 0 Å². The van der Waals surface area contributed by atoms with Crippen LogP contribution in [0.5, 0.6) is 0 Å². The molecule has 2 saturated heterocycles. The predicted molar refractivity (Wildman–Crippen MR) is 117 cm³/mol. The third kappa shape index (κ3) is 5.55. The molecule has 1 N–H and O–H groups in total. The molecule has 0 aliphatic carbocycles. The van der Waals surface area contributed by atoms with E-state index in [4.69, 9.17) is 28.4 Å². The molecule has 6 atom stereocenters. The Balaban J connectivity index is 1.46. The molecule has 32 heavy (non-hydrogen) atoms. The van der Waals surface area contributed by atoms with Gasteiger partial charge in [0.15, 0.2) is 12.1 Å².